The average Bonchev–Trinajstić information content (AvgIpc) is 2.47. The monoisotopic (exact) mass is 274 g/mol. The largest absolute Gasteiger partial charge is 0.330 e. The van der Waals surface area contributed by atoms with Gasteiger partial charge in [-0.1, -0.05) is 6.07 Å². The lowest BCUT2D eigenvalue weighted by molar-refractivity contribution is 0.601. The summed E-state index contributed by atoms with van der Waals surface area (Å²) < 4.78 is 2.58. The molecule has 0 fully saturated rings. The molecule has 0 aromatic carbocycles. The van der Waals surface area contributed by atoms with E-state index in [1.807, 2.05) is 18.3 Å². The van der Waals surface area contributed by atoms with E-state index in [0.717, 1.165) is 23.1 Å². The highest BCUT2D eigenvalue weighted by atomic mass is 16.2. The molecule has 0 amide bonds. The van der Waals surface area contributed by atoms with Gasteiger partial charge >= 0.3 is 5.69 Å². The molecule has 6 nitrogen and oxygen atoms in total. The third kappa shape index (κ3) is 3.21. The second-order valence-corrected chi connectivity index (χ2v) is 4.66. The van der Waals surface area contributed by atoms with Crippen molar-refractivity contribution in [1.82, 2.24) is 19.4 Å². The molecule has 0 radical (unpaired) electrons. The van der Waals surface area contributed by atoms with Crippen LogP contribution in [0.4, 0.5) is 0 Å². The van der Waals surface area contributed by atoms with Gasteiger partial charge in [-0.3, -0.25) is 18.9 Å². The summed E-state index contributed by atoms with van der Waals surface area (Å²) in [5.74, 6) is 0. The van der Waals surface area contributed by atoms with Crippen LogP contribution in [0.15, 0.2) is 40.2 Å². The fraction of sp³-hybridized carbons (Fsp3) is 0.357. The Morgan fingerprint density at radius 2 is 2.05 bits per heavy atom. The van der Waals surface area contributed by atoms with Crippen LogP contribution in [0.1, 0.15) is 11.3 Å². The van der Waals surface area contributed by atoms with Crippen LogP contribution in [0.25, 0.3) is 0 Å². The molecule has 0 saturated heterocycles. The predicted octanol–water partition coefficient (Wildman–Crippen LogP) is -0.189. The van der Waals surface area contributed by atoms with Gasteiger partial charge in [0, 0.05) is 44.8 Å². The number of hydrogen-bond acceptors (Lipinski definition) is 4. The van der Waals surface area contributed by atoms with Crippen molar-refractivity contribution in [3.05, 3.63) is 62.7 Å². The number of hydrogen-bond donors (Lipinski definition) is 1. The normalized spacial score (nSPS) is 10.7. The number of aromatic nitrogens is 3. The first-order chi connectivity index (χ1) is 9.59. The summed E-state index contributed by atoms with van der Waals surface area (Å²) in [7, 11) is 3.14. The molecule has 0 aliphatic carbocycles. The van der Waals surface area contributed by atoms with Crippen molar-refractivity contribution in [3.63, 3.8) is 0 Å². The van der Waals surface area contributed by atoms with Gasteiger partial charge in [0.2, 0.25) is 0 Å². The SMILES string of the molecule is Cn1c(CNCCc2cccnc2)cc(=O)n(C)c1=O. The second kappa shape index (κ2) is 6.29. The van der Waals surface area contributed by atoms with Crippen LogP contribution in [0.3, 0.4) is 0 Å². The first-order valence-corrected chi connectivity index (χ1v) is 6.45. The van der Waals surface area contributed by atoms with E-state index in [1.54, 1.807) is 13.2 Å². The van der Waals surface area contributed by atoms with Crippen LogP contribution >= 0.6 is 0 Å². The van der Waals surface area contributed by atoms with E-state index >= 15 is 0 Å². The van der Waals surface area contributed by atoms with Gasteiger partial charge < -0.3 is 5.32 Å². The Bertz CT molecular complexity index is 689. The molecule has 2 rings (SSSR count). The molecular weight excluding hydrogens is 256 g/mol. The Kier molecular flexibility index (Phi) is 4.47. The zero-order valence-corrected chi connectivity index (χ0v) is 11.7. The lowest BCUT2D eigenvalue weighted by Crippen LogP contribution is -2.39. The summed E-state index contributed by atoms with van der Waals surface area (Å²) in [6.45, 7) is 1.25. The van der Waals surface area contributed by atoms with Crippen LogP contribution in [-0.2, 0) is 27.1 Å². The Morgan fingerprint density at radius 1 is 1.25 bits per heavy atom. The smallest absolute Gasteiger partial charge is 0.311 e. The lowest BCUT2D eigenvalue weighted by atomic mass is 10.2. The van der Waals surface area contributed by atoms with Gasteiger partial charge in [0.25, 0.3) is 5.56 Å². The van der Waals surface area contributed by atoms with E-state index in [4.69, 9.17) is 0 Å². The van der Waals surface area contributed by atoms with Gasteiger partial charge in [-0.05, 0) is 24.6 Å². The molecule has 2 heterocycles. The minimum absolute atomic E-state index is 0.280. The molecule has 20 heavy (non-hydrogen) atoms. The maximum absolute atomic E-state index is 11.8. The standard InChI is InChI=1S/C14H18N4O2/c1-17-12(8-13(19)18(2)14(17)20)10-16-7-5-11-4-3-6-15-9-11/h3-4,6,8-9,16H,5,7,10H2,1-2H3. The molecule has 6 heteroatoms. The molecule has 0 atom stereocenters. The third-order valence-electron chi connectivity index (χ3n) is 3.24. The number of nitrogens with zero attached hydrogens (tertiary/aromatic N) is 3. The van der Waals surface area contributed by atoms with Crippen molar-refractivity contribution in [1.29, 1.82) is 0 Å². The highest BCUT2D eigenvalue weighted by molar-refractivity contribution is 5.09. The fourth-order valence-corrected chi connectivity index (χ4v) is 1.94. The molecule has 0 saturated carbocycles. The molecule has 0 spiro atoms. The maximum atomic E-state index is 11.8. The summed E-state index contributed by atoms with van der Waals surface area (Å²) in [5.41, 5.74) is 1.25. The van der Waals surface area contributed by atoms with Gasteiger partial charge in [0.05, 0.1) is 0 Å². The second-order valence-electron chi connectivity index (χ2n) is 4.66. The maximum Gasteiger partial charge on any atom is 0.330 e. The topological polar surface area (TPSA) is 68.9 Å². The molecular formula is C14H18N4O2. The molecule has 0 bridgehead atoms. The Hall–Kier alpha value is -2.21. The van der Waals surface area contributed by atoms with E-state index in [0.29, 0.717) is 12.2 Å². The minimum Gasteiger partial charge on any atom is -0.311 e. The van der Waals surface area contributed by atoms with Crippen molar-refractivity contribution in [2.24, 2.45) is 14.1 Å². The Labute approximate surface area is 116 Å². The van der Waals surface area contributed by atoms with Crippen molar-refractivity contribution in [3.8, 4) is 0 Å². The Morgan fingerprint density at radius 3 is 2.75 bits per heavy atom. The van der Waals surface area contributed by atoms with E-state index in [-0.39, 0.29) is 11.2 Å². The van der Waals surface area contributed by atoms with Gasteiger partial charge in [0.15, 0.2) is 0 Å². The Balaban J connectivity index is 1.95. The molecule has 2 aromatic heterocycles. The number of rotatable bonds is 5. The molecule has 0 aliphatic heterocycles. The fourth-order valence-electron chi connectivity index (χ4n) is 1.94. The number of pyridine rings is 1. The van der Waals surface area contributed by atoms with Crippen molar-refractivity contribution < 1.29 is 0 Å². The highest BCUT2D eigenvalue weighted by Gasteiger charge is 2.05. The molecule has 0 unspecified atom stereocenters. The predicted molar refractivity (Wildman–Crippen MR) is 76.6 cm³/mol. The minimum atomic E-state index is -0.304. The quantitative estimate of drug-likeness (QED) is 0.767. The molecule has 106 valence electrons. The highest BCUT2D eigenvalue weighted by Crippen LogP contribution is 1.96. The van der Waals surface area contributed by atoms with E-state index < -0.39 is 0 Å². The van der Waals surface area contributed by atoms with Gasteiger partial charge in [-0.2, -0.15) is 0 Å². The van der Waals surface area contributed by atoms with Crippen LogP contribution in [0, 0.1) is 0 Å². The summed E-state index contributed by atoms with van der Waals surface area (Å²) in [6.07, 6.45) is 4.43. The third-order valence-corrected chi connectivity index (χ3v) is 3.24. The van der Waals surface area contributed by atoms with Gasteiger partial charge in [0.1, 0.15) is 0 Å². The van der Waals surface area contributed by atoms with Crippen LogP contribution in [0.2, 0.25) is 0 Å². The molecule has 1 N–H and O–H groups in total. The van der Waals surface area contributed by atoms with Crippen LogP contribution < -0.4 is 16.6 Å². The summed E-state index contributed by atoms with van der Waals surface area (Å²) in [6, 6.07) is 5.40. The molecule has 2 aromatic rings. The zero-order chi connectivity index (χ0) is 14.5. The van der Waals surface area contributed by atoms with Crippen LogP contribution in [0.5, 0.6) is 0 Å². The first kappa shape index (κ1) is 14.2. The summed E-state index contributed by atoms with van der Waals surface area (Å²) in [5, 5.41) is 3.23. The number of nitrogens with one attached hydrogen (secondary N) is 1. The van der Waals surface area contributed by atoms with E-state index in [9.17, 15) is 9.59 Å². The van der Waals surface area contributed by atoms with Crippen molar-refractivity contribution in [2.75, 3.05) is 6.54 Å². The van der Waals surface area contributed by atoms with Gasteiger partial charge in [-0.15, -0.1) is 0 Å². The lowest BCUT2D eigenvalue weighted by Gasteiger charge is -2.10. The van der Waals surface area contributed by atoms with E-state index in [1.165, 1.54) is 17.7 Å². The van der Waals surface area contributed by atoms with Crippen molar-refractivity contribution >= 4 is 0 Å². The van der Waals surface area contributed by atoms with E-state index in [2.05, 4.69) is 10.3 Å². The average molecular weight is 274 g/mol. The molecule has 0 aliphatic rings. The summed E-state index contributed by atoms with van der Waals surface area (Å²) in [4.78, 5) is 27.4. The zero-order valence-electron chi connectivity index (χ0n) is 11.7. The van der Waals surface area contributed by atoms with Gasteiger partial charge in [-0.25, -0.2) is 4.79 Å². The van der Waals surface area contributed by atoms with Crippen molar-refractivity contribution in [2.45, 2.75) is 13.0 Å². The van der Waals surface area contributed by atoms with Crippen LogP contribution in [-0.4, -0.2) is 20.7 Å². The summed E-state index contributed by atoms with van der Waals surface area (Å²) >= 11 is 0. The first-order valence-electron chi connectivity index (χ1n) is 6.45.